The number of hydrogen-bond donors (Lipinski definition) is 3. The van der Waals surface area contributed by atoms with E-state index in [-0.39, 0.29) is 24.2 Å². The number of H-pyrrole nitrogens is 1. The second-order valence-corrected chi connectivity index (χ2v) is 11.4. The zero-order valence-electron chi connectivity index (χ0n) is 21.6. The Labute approximate surface area is 226 Å². The third-order valence-corrected chi connectivity index (χ3v) is 8.30. The fraction of sp³-hybridized carbons (Fsp3) is 0.400. The quantitative estimate of drug-likeness (QED) is 0.270. The van der Waals surface area contributed by atoms with Gasteiger partial charge in [-0.05, 0) is 103 Å². The van der Waals surface area contributed by atoms with Crippen molar-refractivity contribution in [2.45, 2.75) is 50.9 Å². The molecular weight excluding hydrogens is 496 g/mol. The minimum Gasteiger partial charge on any atom is -0.490 e. The summed E-state index contributed by atoms with van der Waals surface area (Å²) in [6, 6.07) is 16.0. The Balaban J connectivity index is 1.14. The van der Waals surface area contributed by atoms with E-state index in [1.807, 2.05) is 49.4 Å². The number of likely N-dealkylation sites (tertiary alicyclic amines) is 1. The third-order valence-electron chi connectivity index (χ3n) is 7.59. The molecular formula is C30H34N4O3S. The van der Waals surface area contributed by atoms with Crippen LogP contribution in [0.15, 0.2) is 59.3 Å². The number of rotatable bonds is 9. The van der Waals surface area contributed by atoms with E-state index in [0.29, 0.717) is 11.5 Å². The van der Waals surface area contributed by atoms with Gasteiger partial charge in [0.25, 0.3) is 5.91 Å². The number of amides is 1. The highest BCUT2D eigenvalue weighted by Crippen LogP contribution is 2.41. The predicted molar refractivity (Wildman–Crippen MR) is 151 cm³/mol. The Morgan fingerprint density at radius 1 is 1.16 bits per heavy atom. The average molecular weight is 531 g/mol. The average Bonchev–Trinajstić information content (AvgIpc) is 3.44. The first-order valence-corrected chi connectivity index (χ1v) is 14.5. The van der Waals surface area contributed by atoms with Crippen molar-refractivity contribution in [2.75, 3.05) is 19.6 Å². The van der Waals surface area contributed by atoms with Crippen LogP contribution in [0.2, 0.25) is 0 Å². The molecule has 7 nitrogen and oxygen atoms in total. The fourth-order valence-corrected chi connectivity index (χ4v) is 6.12. The van der Waals surface area contributed by atoms with Crippen molar-refractivity contribution in [3.8, 4) is 17.0 Å². The lowest BCUT2D eigenvalue weighted by molar-refractivity contribution is 0.0673. The zero-order valence-corrected chi connectivity index (χ0v) is 22.4. The van der Waals surface area contributed by atoms with Gasteiger partial charge in [0.1, 0.15) is 11.9 Å². The van der Waals surface area contributed by atoms with Gasteiger partial charge in [0.2, 0.25) is 0 Å². The number of nitrogens with one attached hydrogen (secondary N) is 2. The molecule has 0 radical (unpaired) electrons. The summed E-state index contributed by atoms with van der Waals surface area (Å²) in [5.74, 6) is 1.33. The van der Waals surface area contributed by atoms with Crippen LogP contribution in [-0.4, -0.2) is 58.0 Å². The third kappa shape index (κ3) is 5.62. The van der Waals surface area contributed by atoms with Gasteiger partial charge in [-0.2, -0.15) is 16.4 Å². The van der Waals surface area contributed by atoms with Crippen molar-refractivity contribution in [1.82, 2.24) is 20.4 Å². The summed E-state index contributed by atoms with van der Waals surface area (Å²) in [7, 11) is 0. The van der Waals surface area contributed by atoms with E-state index in [0.717, 1.165) is 73.2 Å². The normalized spacial score (nSPS) is 18.4. The number of piperidine rings is 1. The van der Waals surface area contributed by atoms with Crippen LogP contribution in [0.5, 0.6) is 5.75 Å². The van der Waals surface area contributed by atoms with Crippen LogP contribution in [0.4, 0.5) is 0 Å². The number of hydrogen-bond acceptors (Lipinski definition) is 6. The molecule has 8 heteroatoms. The van der Waals surface area contributed by atoms with Gasteiger partial charge in [0.05, 0.1) is 23.4 Å². The zero-order chi connectivity index (χ0) is 26.1. The summed E-state index contributed by atoms with van der Waals surface area (Å²) in [6.45, 7) is 4.44. The van der Waals surface area contributed by atoms with Crippen LogP contribution in [0.25, 0.3) is 22.2 Å². The van der Waals surface area contributed by atoms with E-state index in [1.165, 1.54) is 5.56 Å². The lowest BCUT2D eigenvalue weighted by atomic mass is 10.0. The number of benzene rings is 2. The number of fused-ring (bicyclic) bond motifs is 1. The number of ether oxygens (including phenoxy) is 1. The lowest BCUT2D eigenvalue weighted by Crippen LogP contribution is -2.41. The SMILES string of the molecule is C[C@H](O)CN1CCC(Oc2ccc(-c3n[nH]c4ccc(C(=O)N[C@@H](c5ccsc5)C5CC5)cc34)cc2)CC1. The summed E-state index contributed by atoms with van der Waals surface area (Å²) in [5.41, 5.74) is 4.54. The molecule has 2 fully saturated rings. The van der Waals surface area contributed by atoms with Gasteiger partial charge in [0, 0.05) is 36.1 Å². The Morgan fingerprint density at radius 2 is 1.95 bits per heavy atom. The molecule has 1 aliphatic carbocycles. The first kappa shape index (κ1) is 25.1. The molecule has 3 heterocycles. The van der Waals surface area contributed by atoms with Crippen molar-refractivity contribution in [2.24, 2.45) is 5.92 Å². The Bertz CT molecular complexity index is 1370. The van der Waals surface area contributed by atoms with Gasteiger partial charge < -0.3 is 20.1 Å². The molecule has 2 aromatic carbocycles. The number of carbonyl (C=O) groups excluding carboxylic acids is 1. The number of aliphatic hydroxyl groups is 1. The van der Waals surface area contributed by atoms with E-state index in [9.17, 15) is 9.90 Å². The lowest BCUT2D eigenvalue weighted by Gasteiger charge is -2.32. The fourth-order valence-electron chi connectivity index (χ4n) is 5.42. The molecule has 2 atom stereocenters. The van der Waals surface area contributed by atoms with Crippen molar-refractivity contribution in [3.05, 3.63) is 70.4 Å². The van der Waals surface area contributed by atoms with Gasteiger partial charge in [-0.3, -0.25) is 9.89 Å². The predicted octanol–water partition coefficient (Wildman–Crippen LogP) is 5.40. The highest BCUT2D eigenvalue weighted by molar-refractivity contribution is 7.08. The number of thiophene rings is 1. The maximum absolute atomic E-state index is 13.2. The molecule has 2 aliphatic rings. The first-order chi connectivity index (χ1) is 18.5. The minimum absolute atomic E-state index is 0.0506. The molecule has 2 aromatic heterocycles. The van der Waals surface area contributed by atoms with E-state index in [1.54, 1.807) is 11.3 Å². The topological polar surface area (TPSA) is 90.5 Å². The van der Waals surface area contributed by atoms with Crippen molar-refractivity contribution < 1.29 is 14.6 Å². The first-order valence-electron chi connectivity index (χ1n) is 13.5. The van der Waals surface area contributed by atoms with E-state index in [4.69, 9.17) is 4.74 Å². The number of nitrogens with zero attached hydrogens (tertiary/aromatic N) is 2. The summed E-state index contributed by atoms with van der Waals surface area (Å²) >= 11 is 1.67. The van der Waals surface area contributed by atoms with E-state index < -0.39 is 0 Å². The summed E-state index contributed by atoms with van der Waals surface area (Å²) in [4.78, 5) is 15.5. The Kier molecular flexibility index (Phi) is 7.19. The van der Waals surface area contributed by atoms with E-state index >= 15 is 0 Å². The molecule has 1 amide bonds. The molecule has 198 valence electrons. The second kappa shape index (κ2) is 10.9. The molecule has 4 aromatic rings. The number of aliphatic hydroxyl groups excluding tert-OH is 1. The van der Waals surface area contributed by atoms with Crippen LogP contribution in [-0.2, 0) is 0 Å². The molecule has 0 spiro atoms. The van der Waals surface area contributed by atoms with Crippen molar-refractivity contribution >= 4 is 28.1 Å². The van der Waals surface area contributed by atoms with Gasteiger partial charge in [-0.15, -0.1) is 0 Å². The standard InChI is InChI=1S/C30H34N4O3S/c1-19(35)17-34-13-10-25(11-14-34)37-24-7-4-21(5-8-24)29-26-16-22(6-9-27(26)32-33-29)30(36)31-28(20-2-3-20)23-12-15-38-18-23/h4-9,12,15-16,18-20,25,28,35H,2-3,10-11,13-14,17H2,1H3,(H,31,36)(H,32,33)/t19-,28+/m0/s1. The highest BCUT2D eigenvalue weighted by Gasteiger charge is 2.34. The number of aromatic amines is 1. The van der Waals surface area contributed by atoms with Gasteiger partial charge in [-0.1, -0.05) is 0 Å². The smallest absolute Gasteiger partial charge is 0.251 e. The Hall–Kier alpha value is -3.20. The molecule has 38 heavy (non-hydrogen) atoms. The van der Waals surface area contributed by atoms with Crippen molar-refractivity contribution in [1.29, 1.82) is 0 Å². The van der Waals surface area contributed by atoms with Gasteiger partial charge in [-0.25, -0.2) is 0 Å². The largest absolute Gasteiger partial charge is 0.490 e. The molecule has 1 saturated carbocycles. The molecule has 1 aliphatic heterocycles. The maximum Gasteiger partial charge on any atom is 0.251 e. The van der Waals surface area contributed by atoms with E-state index in [2.05, 4.69) is 37.2 Å². The summed E-state index contributed by atoms with van der Waals surface area (Å²) in [5, 5.41) is 25.7. The number of aromatic nitrogens is 2. The van der Waals surface area contributed by atoms with Crippen LogP contribution in [0.3, 0.4) is 0 Å². The summed E-state index contributed by atoms with van der Waals surface area (Å²) in [6.07, 6.45) is 4.12. The second-order valence-electron chi connectivity index (χ2n) is 10.7. The van der Waals surface area contributed by atoms with Crippen LogP contribution < -0.4 is 10.1 Å². The molecule has 6 rings (SSSR count). The highest BCUT2D eigenvalue weighted by atomic mass is 32.1. The molecule has 0 bridgehead atoms. The maximum atomic E-state index is 13.2. The monoisotopic (exact) mass is 530 g/mol. The van der Waals surface area contributed by atoms with Crippen molar-refractivity contribution in [3.63, 3.8) is 0 Å². The molecule has 0 unspecified atom stereocenters. The molecule has 1 saturated heterocycles. The van der Waals surface area contributed by atoms with Crippen LogP contribution in [0, 0.1) is 5.92 Å². The number of β-amino-alcohol motifs (C(OH)–C–C–N with tert-alkyl or cyclic N) is 1. The summed E-state index contributed by atoms with van der Waals surface area (Å²) < 4.78 is 6.24. The van der Waals surface area contributed by atoms with Crippen LogP contribution >= 0.6 is 11.3 Å². The Morgan fingerprint density at radius 3 is 2.63 bits per heavy atom. The molecule has 3 N–H and O–H groups in total. The van der Waals surface area contributed by atoms with Crippen LogP contribution in [0.1, 0.15) is 54.6 Å². The minimum atomic E-state index is -0.297. The van der Waals surface area contributed by atoms with Gasteiger partial charge >= 0.3 is 0 Å². The van der Waals surface area contributed by atoms with Gasteiger partial charge in [0.15, 0.2) is 0 Å². The number of carbonyl (C=O) groups is 1.